The molecule has 0 spiro atoms. The quantitative estimate of drug-likeness (QED) is 0.817. The molecule has 0 unspecified atom stereocenters. The predicted octanol–water partition coefficient (Wildman–Crippen LogP) is 5.13. The average Bonchev–Trinajstić information content (AvgIpc) is 2.49. The fraction of sp³-hybridized carbons (Fsp3) is 0.222. The molecule has 6 heteroatoms. The molecule has 2 aromatic rings. The highest BCUT2D eigenvalue weighted by Gasteiger charge is 2.18. The van der Waals surface area contributed by atoms with Crippen molar-refractivity contribution in [3.05, 3.63) is 58.1 Å². The Morgan fingerprint density at radius 3 is 2.12 bits per heavy atom. The van der Waals surface area contributed by atoms with E-state index >= 15 is 0 Å². The van der Waals surface area contributed by atoms with Crippen molar-refractivity contribution in [2.75, 3.05) is 0 Å². The summed E-state index contributed by atoms with van der Waals surface area (Å²) in [5.41, 5.74) is 2.88. The van der Waals surface area contributed by atoms with Gasteiger partial charge in [0.1, 0.15) is 0 Å². The molecule has 0 aliphatic heterocycles. The summed E-state index contributed by atoms with van der Waals surface area (Å²) in [7, 11) is 0. The number of carboxylic acid groups (broad SMARTS) is 1. The Balaban J connectivity index is 2.26. The molecular formula is C18H18ClNO3S. The third-order valence-electron chi connectivity index (χ3n) is 3.51. The number of hydrogen-bond acceptors (Lipinski definition) is 3. The highest BCUT2D eigenvalue weighted by Crippen LogP contribution is 2.34. The summed E-state index contributed by atoms with van der Waals surface area (Å²) >= 11 is 7.54. The molecule has 0 saturated heterocycles. The van der Waals surface area contributed by atoms with Crippen LogP contribution in [-0.2, 0) is 11.3 Å². The van der Waals surface area contributed by atoms with Crippen molar-refractivity contribution in [2.24, 2.45) is 0 Å². The molecule has 2 aromatic carbocycles. The minimum Gasteiger partial charge on any atom is -0.465 e. The largest absolute Gasteiger partial charge is 0.465 e. The van der Waals surface area contributed by atoms with Crippen LogP contribution >= 0.6 is 23.4 Å². The summed E-state index contributed by atoms with van der Waals surface area (Å²) in [5.74, 6) is -0.488. The summed E-state index contributed by atoms with van der Waals surface area (Å²) in [6.45, 7) is 5.26. The van der Waals surface area contributed by atoms with Crippen LogP contribution in [0.25, 0.3) is 0 Å². The monoisotopic (exact) mass is 363 g/mol. The number of benzene rings is 2. The van der Waals surface area contributed by atoms with E-state index in [-0.39, 0.29) is 6.54 Å². The van der Waals surface area contributed by atoms with Gasteiger partial charge in [0, 0.05) is 21.7 Å². The average molecular weight is 364 g/mol. The molecule has 2 rings (SSSR count). The summed E-state index contributed by atoms with van der Waals surface area (Å²) in [5, 5.41) is 9.80. The Hall–Kier alpha value is -1.98. The Bertz CT molecular complexity index is 737. The number of carbonyl (C=O) groups is 2. The van der Waals surface area contributed by atoms with Gasteiger partial charge < -0.3 is 5.11 Å². The molecule has 0 fully saturated rings. The predicted molar refractivity (Wildman–Crippen MR) is 95.7 cm³/mol. The molecule has 0 bridgehead atoms. The zero-order valence-electron chi connectivity index (χ0n) is 13.7. The fourth-order valence-corrected chi connectivity index (χ4v) is 3.48. The number of nitrogens with zero attached hydrogens (tertiary/aromatic N) is 1. The minimum atomic E-state index is -1.24. The lowest BCUT2D eigenvalue weighted by Crippen LogP contribution is -2.33. The van der Waals surface area contributed by atoms with Crippen LogP contribution in [0, 0.1) is 13.8 Å². The van der Waals surface area contributed by atoms with Crippen LogP contribution in [0.1, 0.15) is 23.6 Å². The molecule has 0 aliphatic carbocycles. The number of aryl methyl sites for hydroxylation is 2. The number of halogens is 1. The Morgan fingerprint density at radius 1 is 1.12 bits per heavy atom. The van der Waals surface area contributed by atoms with Crippen molar-refractivity contribution >= 4 is 35.4 Å². The summed E-state index contributed by atoms with van der Waals surface area (Å²) < 4.78 is 0. The summed E-state index contributed by atoms with van der Waals surface area (Å²) in [4.78, 5) is 25.6. The lowest BCUT2D eigenvalue weighted by Gasteiger charge is -2.17. The van der Waals surface area contributed by atoms with Crippen LogP contribution < -0.4 is 0 Å². The zero-order valence-corrected chi connectivity index (χ0v) is 15.2. The lowest BCUT2D eigenvalue weighted by molar-refractivity contribution is -0.127. The smallest absolute Gasteiger partial charge is 0.414 e. The first-order valence-corrected chi connectivity index (χ1v) is 8.52. The van der Waals surface area contributed by atoms with Crippen LogP contribution in [0.15, 0.2) is 46.2 Å². The maximum Gasteiger partial charge on any atom is 0.414 e. The van der Waals surface area contributed by atoms with Gasteiger partial charge in [-0.25, -0.2) is 9.69 Å². The van der Waals surface area contributed by atoms with Crippen molar-refractivity contribution in [3.63, 3.8) is 0 Å². The van der Waals surface area contributed by atoms with Gasteiger partial charge in [0.25, 0.3) is 0 Å². The van der Waals surface area contributed by atoms with Crippen molar-refractivity contribution in [1.29, 1.82) is 0 Å². The second-order valence-electron chi connectivity index (χ2n) is 5.50. The molecule has 0 aliphatic rings. The van der Waals surface area contributed by atoms with Crippen LogP contribution in [0.4, 0.5) is 4.79 Å². The fourth-order valence-electron chi connectivity index (χ4n) is 2.41. The van der Waals surface area contributed by atoms with E-state index in [4.69, 9.17) is 16.7 Å². The molecule has 0 aromatic heterocycles. The molecule has 4 nitrogen and oxygen atoms in total. The number of rotatable bonds is 4. The Labute approximate surface area is 150 Å². The highest BCUT2D eigenvalue weighted by molar-refractivity contribution is 7.99. The van der Waals surface area contributed by atoms with Crippen molar-refractivity contribution in [1.82, 2.24) is 4.90 Å². The van der Waals surface area contributed by atoms with E-state index in [0.717, 1.165) is 31.4 Å². The van der Waals surface area contributed by atoms with Gasteiger partial charge in [0.2, 0.25) is 5.91 Å². The Morgan fingerprint density at radius 2 is 1.67 bits per heavy atom. The standard InChI is InChI=1S/C18H18ClNO3S/c1-11-8-14(10-20(13(3)21)18(22)23)9-12(2)17(11)24-16-6-4-15(19)5-7-16/h4-9H,10H2,1-3H3,(H,22,23). The van der Waals surface area contributed by atoms with Gasteiger partial charge in [0.15, 0.2) is 0 Å². The van der Waals surface area contributed by atoms with E-state index in [1.165, 1.54) is 6.92 Å². The van der Waals surface area contributed by atoms with Gasteiger partial charge in [-0.1, -0.05) is 35.5 Å². The normalized spacial score (nSPS) is 10.5. The van der Waals surface area contributed by atoms with E-state index < -0.39 is 12.0 Å². The number of hydrogen-bond donors (Lipinski definition) is 1. The zero-order chi connectivity index (χ0) is 17.9. The first-order valence-electron chi connectivity index (χ1n) is 7.32. The van der Waals surface area contributed by atoms with Gasteiger partial charge in [-0.05, 0) is 54.8 Å². The number of carbonyl (C=O) groups excluding carboxylic acids is 1. The van der Waals surface area contributed by atoms with Gasteiger partial charge in [0.05, 0.1) is 6.54 Å². The van der Waals surface area contributed by atoms with Gasteiger partial charge in [-0.15, -0.1) is 0 Å². The van der Waals surface area contributed by atoms with E-state index in [2.05, 4.69) is 0 Å². The minimum absolute atomic E-state index is 0.0538. The molecule has 1 N–H and O–H groups in total. The van der Waals surface area contributed by atoms with Crippen LogP contribution in [0.2, 0.25) is 5.02 Å². The molecular weight excluding hydrogens is 346 g/mol. The molecule has 0 radical (unpaired) electrons. The van der Waals surface area contributed by atoms with Gasteiger partial charge in [-0.3, -0.25) is 4.79 Å². The molecule has 126 valence electrons. The first kappa shape index (κ1) is 18.4. The number of imide groups is 1. The highest BCUT2D eigenvalue weighted by atomic mass is 35.5. The topological polar surface area (TPSA) is 57.6 Å². The van der Waals surface area contributed by atoms with E-state index in [1.807, 2.05) is 50.2 Å². The maximum atomic E-state index is 11.4. The lowest BCUT2D eigenvalue weighted by atomic mass is 10.1. The molecule has 24 heavy (non-hydrogen) atoms. The molecule has 2 amide bonds. The summed E-state index contributed by atoms with van der Waals surface area (Å²) in [6, 6.07) is 11.5. The van der Waals surface area contributed by atoms with Crippen LogP contribution in [-0.4, -0.2) is 22.0 Å². The first-order chi connectivity index (χ1) is 11.3. The van der Waals surface area contributed by atoms with Gasteiger partial charge >= 0.3 is 6.09 Å². The SMILES string of the molecule is CC(=O)N(Cc1cc(C)c(Sc2ccc(Cl)cc2)c(C)c1)C(=O)O. The second kappa shape index (κ2) is 7.73. The summed E-state index contributed by atoms with van der Waals surface area (Å²) in [6.07, 6.45) is -1.24. The maximum absolute atomic E-state index is 11.4. The van der Waals surface area contributed by atoms with Gasteiger partial charge in [-0.2, -0.15) is 0 Å². The van der Waals surface area contributed by atoms with E-state index in [1.54, 1.807) is 11.8 Å². The molecule has 0 saturated carbocycles. The van der Waals surface area contributed by atoms with Crippen LogP contribution in [0.3, 0.4) is 0 Å². The third kappa shape index (κ3) is 4.52. The van der Waals surface area contributed by atoms with Crippen molar-refractivity contribution < 1.29 is 14.7 Å². The van der Waals surface area contributed by atoms with Crippen molar-refractivity contribution in [2.45, 2.75) is 37.1 Å². The third-order valence-corrected chi connectivity index (χ3v) is 5.11. The van der Waals surface area contributed by atoms with Crippen LogP contribution in [0.5, 0.6) is 0 Å². The second-order valence-corrected chi connectivity index (χ2v) is 7.02. The number of amides is 2. The van der Waals surface area contributed by atoms with E-state index in [0.29, 0.717) is 5.02 Å². The van der Waals surface area contributed by atoms with Crippen molar-refractivity contribution in [3.8, 4) is 0 Å². The molecule has 0 heterocycles. The van der Waals surface area contributed by atoms with E-state index in [9.17, 15) is 9.59 Å². The molecule has 0 atom stereocenters. The Kier molecular flexibility index (Phi) is 5.91.